The Morgan fingerprint density at radius 2 is 1.95 bits per heavy atom. The number of nitrogens with one attached hydrogen (secondary N) is 1. The molecule has 1 aliphatic rings. The molecule has 0 amide bonds. The highest BCUT2D eigenvalue weighted by atomic mass is 16.3. The van der Waals surface area contributed by atoms with Crippen molar-refractivity contribution in [2.75, 3.05) is 7.05 Å². The Bertz CT molecular complexity index is 401. The zero-order chi connectivity index (χ0) is 14.0. The van der Waals surface area contributed by atoms with Gasteiger partial charge in [0.1, 0.15) is 11.5 Å². The minimum atomic E-state index is 0.129. The van der Waals surface area contributed by atoms with Gasteiger partial charge in [-0.05, 0) is 65.6 Å². The smallest absolute Gasteiger partial charge is 0.118 e. The van der Waals surface area contributed by atoms with Gasteiger partial charge in [0.25, 0.3) is 0 Å². The Balaban J connectivity index is 1.83. The average molecular weight is 264 g/mol. The van der Waals surface area contributed by atoms with Crippen LogP contribution in [0.1, 0.15) is 52.1 Å². The van der Waals surface area contributed by atoms with Crippen LogP contribution < -0.4 is 5.32 Å². The highest BCUT2D eigenvalue weighted by Gasteiger charge is 2.30. The van der Waals surface area contributed by atoms with E-state index in [1.807, 2.05) is 0 Å². The van der Waals surface area contributed by atoms with Crippen molar-refractivity contribution in [1.29, 1.82) is 0 Å². The summed E-state index contributed by atoms with van der Waals surface area (Å²) >= 11 is 0. The molecule has 1 heterocycles. The lowest BCUT2D eigenvalue weighted by atomic mass is 10.1. The van der Waals surface area contributed by atoms with E-state index in [-0.39, 0.29) is 5.54 Å². The van der Waals surface area contributed by atoms with Crippen LogP contribution in [0, 0.1) is 5.92 Å². The molecule has 3 nitrogen and oxygen atoms in total. The summed E-state index contributed by atoms with van der Waals surface area (Å²) in [5.41, 5.74) is 0.129. The van der Waals surface area contributed by atoms with Crippen molar-refractivity contribution in [3.05, 3.63) is 23.7 Å². The number of hydrogen-bond acceptors (Lipinski definition) is 3. The second-order valence-electron chi connectivity index (χ2n) is 6.96. The molecule has 1 atom stereocenters. The molecule has 1 saturated carbocycles. The largest absolute Gasteiger partial charge is 0.463 e. The molecule has 1 unspecified atom stereocenters. The Morgan fingerprint density at radius 1 is 1.32 bits per heavy atom. The summed E-state index contributed by atoms with van der Waals surface area (Å²) in [5.74, 6) is 3.00. The summed E-state index contributed by atoms with van der Waals surface area (Å²) in [7, 11) is 2.19. The second-order valence-corrected chi connectivity index (χ2v) is 6.96. The fourth-order valence-electron chi connectivity index (χ4n) is 2.28. The van der Waals surface area contributed by atoms with E-state index in [9.17, 15) is 0 Å². The van der Waals surface area contributed by atoms with E-state index < -0.39 is 0 Å². The normalized spacial score (nSPS) is 18.0. The predicted octanol–water partition coefficient (Wildman–Crippen LogP) is 3.40. The number of rotatable bonds is 6. The third-order valence-electron chi connectivity index (χ3n) is 3.91. The highest BCUT2D eigenvalue weighted by molar-refractivity contribution is 5.07. The third kappa shape index (κ3) is 4.66. The van der Waals surface area contributed by atoms with Gasteiger partial charge >= 0.3 is 0 Å². The van der Waals surface area contributed by atoms with E-state index in [4.69, 9.17) is 4.42 Å². The first-order valence-electron chi connectivity index (χ1n) is 7.38. The van der Waals surface area contributed by atoms with Gasteiger partial charge in [0.2, 0.25) is 0 Å². The Morgan fingerprint density at radius 3 is 2.53 bits per heavy atom. The maximum absolute atomic E-state index is 5.90. The third-order valence-corrected chi connectivity index (χ3v) is 3.91. The monoisotopic (exact) mass is 264 g/mol. The first kappa shape index (κ1) is 14.6. The standard InChI is InChI=1S/C16H28N2O/c1-12(13-6-7-13)18(5)11-15-9-8-14(19-15)10-17-16(2,3)4/h8-9,12-13,17H,6-7,10-11H2,1-5H3. The fraction of sp³-hybridized carbons (Fsp3) is 0.750. The Kier molecular flexibility index (Phi) is 4.36. The van der Waals surface area contributed by atoms with Gasteiger partial charge in [-0.3, -0.25) is 4.90 Å². The number of hydrogen-bond donors (Lipinski definition) is 1. The number of furan rings is 1. The minimum absolute atomic E-state index is 0.129. The summed E-state index contributed by atoms with van der Waals surface area (Å²) in [6, 6.07) is 4.86. The molecule has 1 N–H and O–H groups in total. The molecular formula is C16H28N2O. The molecular weight excluding hydrogens is 236 g/mol. The van der Waals surface area contributed by atoms with Gasteiger partial charge in [0.15, 0.2) is 0 Å². The van der Waals surface area contributed by atoms with Crippen LogP contribution in [0.5, 0.6) is 0 Å². The van der Waals surface area contributed by atoms with Gasteiger partial charge in [-0.2, -0.15) is 0 Å². The molecule has 1 aromatic heterocycles. The first-order valence-corrected chi connectivity index (χ1v) is 7.38. The van der Waals surface area contributed by atoms with Crippen LogP contribution in [0.15, 0.2) is 16.5 Å². The molecule has 108 valence electrons. The number of nitrogens with zero attached hydrogens (tertiary/aromatic N) is 1. The van der Waals surface area contributed by atoms with E-state index in [1.54, 1.807) is 0 Å². The Hall–Kier alpha value is -0.800. The summed E-state index contributed by atoms with van der Waals surface area (Å²) < 4.78 is 5.90. The van der Waals surface area contributed by atoms with Crippen LogP contribution >= 0.6 is 0 Å². The van der Waals surface area contributed by atoms with E-state index in [1.165, 1.54) is 12.8 Å². The van der Waals surface area contributed by atoms with Crippen LogP contribution in [-0.2, 0) is 13.1 Å². The molecule has 1 aliphatic carbocycles. The van der Waals surface area contributed by atoms with Crippen molar-refractivity contribution in [3.63, 3.8) is 0 Å². The molecule has 0 spiro atoms. The lowest BCUT2D eigenvalue weighted by molar-refractivity contribution is 0.207. The maximum Gasteiger partial charge on any atom is 0.118 e. The molecule has 1 fully saturated rings. The first-order chi connectivity index (χ1) is 8.85. The van der Waals surface area contributed by atoms with Crippen LogP contribution in [0.3, 0.4) is 0 Å². The molecule has 0 radical (unpaired) electrons. The summed E-state index contributed by atoms with van der Waals surface area (Å²) in [5, 5.41) is 3.45. The van der Waals surface area contributed by atoms with Gasteiger partial charge in [-0.1, -0.05) is 0 Å². The van der Waals surface area contributed by atoms with Gasteiger partial charge in [-0.25, -0.2) is 0 Å². The summed E-state index contributed by atoms with van der Waals surface area (Å²) in [4.78, 5) is 2.40. The quantitative estimate of drug-likeness (QED) is 0.853. The van der Waals surface area contributed by atoms with E-state index in [0.717, 1.165) is 30.5 Å². The van der Waals surface area contributed by atoms with Crippen LogP contribution in [0.2, 0.25) is 0 Å². The molecule has 0 bridgehead atoms. The van der Waals surface area contributed by atoms with Crippen molar-refractivity contribution >= 4 is 0 Å². The predicted molar refractivity (Wildman–Crippen MR) is 79.0 cm³/mol. The Labute approximate surface area is 117 Å². The lowest BCUT2D eigenvalue weighted by Crippen LogP contribution is -2.34. The summed E-state index contributed by atoms with van der Waals surface area (Å²) in [6.07, 6.45) is 2.79. The molecule has 0 aromatic carbocycles. The average Bonchev–Trinajstić information content (AvgIpc) is 3.06. The second kappa shape index (κ2) is 5.68. The van der Waals surface area contributed by atoms with Crippen LogP contribution in [-0.4, -0.2) is 23.5 Å². The van der Waals surface area contributed by atoms with E-state index in [2.05, 4.69) is 57.1 Å². The topological polar surface area (TPSA) is 28.4 Å². The minimum Gasteiger partial charge on any atom is -0.463 e. The van der Waals surface area contributed by atoms with Gasteiger partial charge in [0, 0.05) is 11.6 Å². The van der Waals surface area contributed by atoms with E-state index in [0.29, 0.717) is 6.04 Å². The molecule has 3 heteroatoms. The van der Waals surface area contributed by atoms with Gasteiger partial charge in [0.05, 0.1) is 13.1 Å². The highest BCUT2D eigenvalue weighted by Crippen LogP contribution is 2.35. The van der Waals surface area contributed by atoms with Crippen molar-refractivity contribution in [2.45, 2.75) is 65.2 Å². The van der Waals surface area contributed by atoms with Crippen molar-refractivity contribution in [1.82, 2.24) is 10.2 Å². The zero-order valence-electron chi connectivity index (χ0n) is 13.0. The van der Waals surface area contributed by atoms with Gasteiger partial charge < -0.3 is 9.73 Å². The molecule has 1 aromatic rings. The fourth-order valence-corrected chi connectivity index (χ4v) is 2.28. The summed E-state index contributed by atoms with van der Waals surface area (Å²) in [6.45, 7) is 10.5. The van der Waals surface area contributed by atoms with Crippen LogP contribution in [0.4, 0.5) is 0 Å². The zero-order valence-corrected chi connectivity index (χ0v) is 13.0. The van der Waals surface area contributed by atoms with Crippen molar-refractivity contribution < 1.29 is 4.42 Å². The SMILES string of the molecule is CC(C1CC1)N(C)Cc1ccc(CNC(C)(C)C)o1. The van der Waals surface area contributed by atoms with Gasteiger partial charge in [-0.15, -0.1) is 0 Å². The van der Waals surface area contributed by atoms with Crippen LogP contribution in [0.25, 0.3) is 0 Å². The maximum atomic E-state index is 5.90. The van der Waals surface area contributed by atoms with Crippen molar-refractivity contribution in [2.24, 2.45) is 5.92 Å². The van der Waals surface area contributed by atoms with E-state index >= 15 is 0 Å². The molecule has 19 heavy (non-hydrogen) atoms. The van der Waals surface area contributed by atoms with Crippen molar-refractivity contribution in [3.8, 4) is 0 Å². The molecule has 0 saturated heterocycles. The molecule has 0 aliphatic heterocycles. The lowest BCUT2D eigenvalue weighted by Gasteiger charge is -2.23. The molecule has 2 rings (SSSR count).